The molecular formula is C13H17N4O2+. The minimum absolute atomic E-state index is 0.180. The van der Waals surface area contributed by atoms with E-state index in [1.54, 1.807) is 30.2 Å². The van der Waals surface area contributed by atoms with Gasteiger partial charge in [-0.25, -0.2) is 5.43 Å². The van der Waals surface area contributed by atoms with Crippen LogP contribution in [0.25, 0.3) is 0 Å². The quantitative estimate of drug-likeness (QED) is 0.803. The number of hydrogen-bond acceptors (Lipinski definition) is 3. The van der Waals surface area contributed by atoms with Gasteiger partial charge in [0.15, 0.2) is 0 Å². The van der Waals surface area contributed by atoms with E-state index in [1.807, 2.05) is 19.1 Å². The average molecular weight is 261 g/mol. The van der Waals surface area contributed by atoms with E-state index in [1.165, 1.54) is 11.0 Å². The van der Waals surface area contributed by atoms with Crippen LogP contribution >= 0.6 is 0 Å². The van der Waals surface area contributed by atoms with Crippen molar-refractivity contribution in [3.05, 3.63) is 48.0 Å². The fraction of sp³-hybridized carbons (Fsp3) is 0.308. The van der Waals surface area contributed by atoms with Crippen molar-refractivity contribution in [1.82, 2.24) is 9.78 Å². The van der Waals surface area contributed by atoms with Crippen molar-refractivity contribution in [2.45, 2.75) is 13.5 Å². The van der Waals surface area contributed by atoms with Crippen molar-refractivity contribution in [2.24, 2.45) is 7.05 Å². The molecule has 1 amide bonds. The highest BCUT2D eigenvalue weighted by atomic mass is 16.5. The van der Waals surface area contributed by atoms with Crippen LogP contribution in [-0.2, 0) is 18.4 Å². The van der Waals surface area contributed by atoms with Gasteiger partial charge in [-0.3, -0.25) is 4.79 Å². The molecule has 0 bridgehead atoms. The van der Waals surface area contributed by atoms with Gasteiger partial charge in [-0.05, 0) is 24.6 Å². The number of aryl methyl sites for hydroxylation is 1. The van der Waals surface area contributed by atoms with Crippen LogP contribution in [-0.4, -0.2) is 22.3 Å². The lowest BCUT2D eigenvalue weighted by Crippen LogP contribution is -2.46. The number of nitrogens with one attached hydrogen (secondary N) is 1. The van der Waals surface area contributed by atoms with Gasteiger partial charge in [-0.15, -0.1) is 9.36 Å². The summed E-state index contributed by atoms with van der Waals surface area (Å²) in [6.07, 6.45) is 3.20. The van der Waals surface area contributed by atoms with Crippen molar-refractivity contribution in [2.75, 3.05) is 12.0 Å². The lowest BCUT2D eigenvalue weighted by molar-refractivity contribution is -0.642. The molecule has 1 aromatic heterocycles. The van der Waals surface area contributed by atoms with Gasteiger partial charge in [0, 0.05) is 17.3 Å². The smallest absolute Gasteiger partial charge is 0.287 e. The third-order valence-electron chi connectivity index (χ3n) is 2.57. The largest absolute Gasteiger partial charge is 0.377 e. The maximum absolute atomic E-state index is 11.9. The Balaban J connectivity index is 1.99. The molecule has 0 aliphatic heterocycles. The molecule has 6 nitrogen and oxygen atoms in total. The molecule has 0 unspecified atom stereocenters. The number of aromatic nitrogens is 3. The molecule has 100 valence electrons. The predicted octanol–water partition coefficient (Wildman–Crippen LogP) is 0.628. The molecule has 0 atom stereocenters. The van der Waals surface area contributed by atoms with Gasteiger partial charge < -0.3 is 4.74 Å². The first-order chi connectivity index (χ1) is 9.19. The molecule has 0 aliphatic carbocycles. The van der Waals surface area contributed by atoms with Crippen molar-refractivity contribution in [3.63, 3.8) is 0 Å². The molecule has 19 heavy (non-hydrogen) atoms. The Morgan fingerprint density at radius 1 is 1.42 bits per heavy atom. The van der Waals surface area contributed by atoms with Crippen LogP contribution in [0.15, 0.2) is 36.9 Å². The number of ether oxygens (including phenoxy) is 1. The van der Waals surface area contributed by atoms with Crippen LogP contribution in [0.5, 0.6) is 0 Å². The maximum atomic E-state index is 11.9. The molecule has 0 saturated heterocycles. The summed E-state index contributed by atoms with van der Waals surface area (Å²) >= 11 is 0. The van der Waals surface area contributed by atoms with E-state index in [9.17, 15) is 4.79 Å². The van der Waals surface area contributed by atoms with Gasteiger partial charge in [-0.1, -0.05) is 12.1 Å². The lowest BCUT2D eigenvalue weighted by Gasteiger charge is -2.04. The Bertz CT molecular complexity index is 548. The predicted molar refractivity (Wildman–Crippen MR) is 68.9 cm³/mol. The number of hydrogen-bond donors (Lipinski definition) is 1. The minimum Gasteiger partial charge on any atom is -0.377 e. The summed E-state index contributed by atoms with van der Waals surface area (Å²) in [6.45, 7) is 3.20. The van der Waals surface area contributed by atoms with Crippen LogP contribution in [0.4, 0.5) is 0 Å². The Morgan fingerprint density at radius 2 is 2.16 bits per heavy atom. The summed E-state index contributed by atoms with van der Waals surface area (Å²) in [4.78, 5) is 11.9. The highest BCUT2D eigenvalue weighted by Crippen LogP contribution is 2.05. The highest BCUT2D eigenvalue weighted by molar-refractivity contribution is 5.98. The average Bonchev–Trinajstić information content (AvgIpc) is 2.82. The molecule has 0 spiro atoms. The van der Waals surface area contributed by atoms with Crippen molar-refractivity contribution < 1.29 is 14.2 Å². The number of nitrogens with zero attached hydrogens (tertiary/aromatic N) is 3. The Kier molecular flexibility index (Phi) is 4.25. The Hall–Kier alpha value is -2.21. The second-order valence-corrected chi connectivity index (χ2v) is 4.10. The van der Waals surface area contributed by atoms with Gasteiger partial charge in [0.05, 0.1) is 13.7 Å². The third-order valence-corrected chi connectivity index (χ3v) is 2.57. The zero-order valence-electron chi connectivity index (χ0n) is 11.0. The third kappa shape index (κ3) is 3.62. The molecule has 0 aliphatic rings. The molecule has 1 heterocycles. The number of carbonyl (C=O) groups is 1. The molecule has 0 fully saturated rings. The van der Waals surface area contributed by atoms with E-state index in [2.05, 4.69) is 10.5 Å². The van der Waals surface area contributed by atoms with Gasteiger partial charge >= 0.3 is 0 Å². The van der Waals surface area contributed by atoms with Crippen LogP contribution in [0.3, 0.4) is 0 Å². The first-order valence-corrected chi connectivity index (χ1v) is 6.07. The van der Waals surface area contributed by atoms with Crippen molar-refractivity contribution in [1.29, 1.82) is 0 Å². The summed E-state index contributed by atoms with van der Waals surface area (Å²) in [6, 6.07) is 7.33. The van der Waals surface area contributed by atoms with Crippen LogP contribution in [0.1, 0.15) is 22.8 Å². The minimum atomic E-state index is -0.180. The fourth-order valence-corrected chi connectivity index (χ4v) is 1.59. The van der Waals surface area contributed by atoms with E-state index in [0.717, 1.165) is 5.56 Å². The van der Waals surface area contributed by atoms with Crippen LogP contribution in [0.2, 0.25) is 0 Å². The van der Waals surface area contributed by atoms with Crippen molar-refractivity contribution in [3.8, 4) is 0 Å². The maximum Gasteiger partial charge on any atom is 0.287 e. The van der Waals surface area contributed by atoms with Crippen LogP contribution in [0, 0.1) is 0 Å². The first kappa shape index (κ1) is 13.2. The summed E-state index contributed by atoms with van der Waals surface area (Å²) in [5.41, 5.74) is 4.35. The highest BCUT2D eigenvalue weighted by Gasteiger charge is 2.09. The summed E-state index contributed by atoms with van der Waals surface area (Å²) < 4.78 is 8.42. The van der Waals surface area contributed by atoms with Crippen molar-refractivity contribution >= 4 is 5.91 Å². The Labute approximate surface area is 111 Å². The summed E-state index contributed by atoms with van der Waals surface area (Å²) in [5.74, 6) is -0.180. The van der Waals surface area contributed by atoms with Gasteiger partial charge in [-0.2, -0.15) is 0 Å². The zero-order chi connectivity index (χ0) is 13.7. The second-order valence-electron chi connectivity index (χ2n) is 4.10. The number of amides is 1. The van der Waals surface area contributed by atoms with Gasteiger partial charge in [0.2, 0.25) is 6.33 Å². The summed E-state index contributed by atoms with van der Waals surface area (Å²) in [5, 5.41) is 3.96. The molecule has 0 saturated carbocycles. The molecule has 2 rings (SSSR count). The molecule has 2 aromatic rings. The van der Waals surface area contributed by atoms with E-state index in [4.69, 9.17) is 4.74 Å². The number of rotatable bonds is 5. The van der Waals surface area contributed by atoms with E-state index in [-0.39, 0.29) is 5.91 Å². The van der Waals surface area contributed by atoms with Crippen LogP contribution < -0.4 is 10.1 Å². The van der Waals surface area contributed by atoms with Gasteiger partial charge in [0.1, 0.15) is 0 Å². The Morgan fingerprint density at radius 3 is 2.74 bits per heavy atom. The monoisotopic (exact) mass is 261 g/mol. The van der Waals surface area contributed by atoms with E-state index in [0.29, 0.717) is 18.8 Å². The zero-order valence-corrected chi connectivity index (χ0v) is 11.0. The second kappa shape index (κ2) is 6.10. The number of benzene rings is 1. The normalized spacial score (nSPS) is 10.4. The molecule has 1 N–H and O–H groups in total. The fourth-order valence-electron chi connectivity index (χ4n) is 1.59. The first-order valence-electron chi connectivity index (χ1n) is 6.07. The topological polar surface area (TPSA) is 60.0 Å². The molecule has 0 radical (unpaired) electrons. The van der Waals surface area contributed by atoms with Gasteiger partial charge in [0.25, 0.3) is 12.2 Å². The molecular weight excluding hydrogens is 244 g/mol. The van der Waals surface area contributed by atoms with E-state index >= 15 is 0 Å². The summed E-state index contributed by atoms with van der Waals surface area (Å²) in [7, 11) is 1.78. The lowest BCUT2D eigenvalue weighted by atomic mass is 10.1. The SMILES string of the molecule is CCOCc1ccc(C(=O)N[n+]2cnn(C)c2)cc1. The molecule has 6 heteroatoms. The molecule has 1 aromatic carbocycles. The van der Waals surface area contributed by atoms with E-state index < -0.39 is 0 Å². The number of carbonyl (C=O) groups excluding carboxylic acids is 1. The standard InChI is InChI=1S/C13H16N4O2/c1-3-19-8-11-4-6-12(7-5-11)13(18)15-17-9-14-16(2)10-17/h4-7,9-10H,3,8H2,1-2H3/p+1.